The van der Waals surface area contributed by atoms with Crippen molar-refractivity contribution in [3.8, 4) is 0 Å². The molecule has 4 heterocycles. The lowest BCUT2D eigenvalue weighted by Gasteiger charge is -2.54. The van der Waals surface area contributed by atoms with Crippen molar-refractivity contribution in [2.24, 2.45) is 12.5 Å². The highest BCUT2D eigenvalue weighted by Crippen LogP contribution is 2.45. The molecular formula is C24H25B3N4O5. The lowest BCUT2D eigenvalue weighted by molar-refractivity contribution is -0.128. The minimum Gasteiger partial charge on any atom is -0.457 e. The van der Waals surface area contributed by atoms with E-state index < -0.39 is 22.2 Å². The van der Waals surface area contributed by atoms with Crippen LogP contribution >= 0.6 is 0 Å². The van der Waals surface area contributed by atoms with E-state index in [4.69, 9.17) is 28.3 Å². The Morgan fingerprint density at radius 3 is 2.36 bits per heavy atom. The van der Waals surface area contributed by atoms with Crippen molar-refractivity contribution in [2.75, 3.05) is 24.5 Å². The summed E-state index contributed by atoms with van der Waals surface area (Å²) >= 11 is 0. The number of benzene rings is 1. The van der Waals surface area contributed by atoms with Gasteiger partial charge in [0, 0.05) is 30.7 Å². The molecule has 6 radical (unpaired) electrons. The number of aliphatic hydroxyl groups is 1. The zero-order chi connectivity index (χ0) is 26.0. The van der Waals surface area contributed by atoms with Crippen molar-refractivity contribution in [3.05, 3.63) is 56.9 Å². The molecule has 5 rings (SSSR count). The number of fused-ring (bicyclic) bond motifs is 1. The van der Waals surface area contributed by atoms with Gasteiger partial charge in [-0.05, 0) is 67.9 Å². The summed E-state index contributed by atoms with van der Waals surface area (Å²) < 4.78 is 6.31. The molecule has 2 fully saturated rings. The molecule has 0 aliphatic carbocycles. The van der Waals surface area contributed by atoms with Gasteiger partial charge in [0.05, 0.1) is 26.7 Å². The Morgan fingerprint density at radius 1 is 1.03 bits per heavy atom. The van der Waals surface area contributed by atoms with Gasteiger partial charge in [-0.3, -0.25) is 14.5 Å². The van der Waals surface area contributed by atoms with Crippen molar-refractivity contribution in [1.82, 2.24) is 14.7 Å². The number of nitrogens with zero attached hydrogens (tertiary/aromatic N) is 4. The quantitative estimate of drug-likeness (QED) is 0.467. The number of aryl methyl sites for hydroxylation is 1. The summed E-state index contributed by atoms with van der Waals surface area (Å²) in [6.07, 6.45) is 1.59. The van der Waals surface area contributed by atoms with Gasteiger partial charge >= 0.3 is 5.97 Å². The predicted molar refractivity (Wildman–Crippen MR) is 134 cm³/mol. The first-order valence-corrected chi connectivity index (χ1v) is 11.9. The molecule has 9 nitrogen and oxygen atoms in total. The van der Waals surface area contributed by atoms with E-state index in [1.807, 2.05) is 0 Å². The van der Waals surface area contributed by atoms with Crippen LogP contribution in [0.5, 0.6) is 0 Å². The second-order valence-corrected chi connectivity index (χ2v) is 10.1. The van der Waals surface area contributed by atoms with E-state index in [0.29, 0.717) is 67.0 Å². The molecule has 1 aromatic heterocycles. The largest absolute Gasteiger partial charge is 0.457 e. The second kappa shape index (κ2) is 8.35. The zero-order valence-corrected chi connectivity index (χ0v) is 20.4. The maximum atomic E-state index is 13.4. The van der Waals surface area contributed by atoms with Gasteiger partial charge in [-0.1, -0.05) is 6.07 Å². The SMILES string of the molecule is [B]C([B])(N1CCC2(CCN(c3ccc(=O)n(C)n3)C2=O)CC1)[C@@]([B])(O)c1ccc2c(c1C)COC2=O. The van der Waals surface area contributed by atoms with Crippen LogP contribution in [0.4, 0.5) is 5.82 Å². The Morgan fingerprint density at radius 2 is 1.69 bits per heavy atom. The minimum absolute atomic E-state index is 0.0462. The van der Waals surface area contributed by atoms with E-state index in [9.17, 15) is 19.5 Å². The normalized spacial score (nSPS) is 21.5. The van der Waals surface area contributed by atoms with E-state index >= 15 is 0 Å². The van der Waals surface area contributed by atoms with Crippen molar-refractivity contribution in [2.45, 2.75) is 43.6 Å². The molecule has 1 atom stereocenters. The summed E-state index contributed by atoms with van der Waals surface area (Å²) in [6.45, 7) is 3.03. The third-order valence-corrected chi connectivity index (χ3v) is 8.17. The Hall–Kier alpha value is -2.85. The van der Waals surface area contributed by atoms with Crippen molar-refractivity contribution in [1.29, 1.82) is 0 Å². The average molecular weight is 482 g/mol. The average Bonchev–Trinajstić information content (AvgIpc) is 3.37. The Balaban J connectivity index is 1.34. The van der Waals surface area contributed by atoms with Crippen LogP contribution in [0.25, 0.3) is 0 Å². The third-order valence-electron chi connectivity index (χ3n) is 8.17. The molecule has 3 aliphatic heterocycles. The number of anilines is 1. The maximum Gasteiger partial charge on any atom is 0.338 e. The summed E-state index contributed by atoms with van der Waals surface area (Å²) in [4.78, 5) is 40.3. The summed E-state index contributed by atoms with van der Waals surface area (Å²) in [5.41, 5.74) is -0.994. The van der Waals surface area contributed by atoms with Crippen LogP contribution in [-0.2, 0) is 28.7 Å². The number of amides is 1. The number of cyclic esters (lactones) is 1. The van der Waals surface area contributed by atoms with E-state index in [1.165, 1.54) is 10.7 Å². The van der Waals surface area contributed by atoms with Gasteiger partial charge in [0.15, 0.2) is 5.82 Å². The number of piperidine rings is 1. The molecule has 1 spiro atoms. The number of carbonyl (C=O) groups excluding carboxylic acids is 2. The first-order chi connectivity index (χ1) is 16.9. The zero-order valence-electron chi connectivity index (χ0n) is 20.4. The van der Waals surface area contributed by atoms with E-state index in [1.54, 1.807) is 42.0 Å². The Bertz CT molecular complexity index is 1320. The fourth-order valence-electron chi connectivity index (χ4n) is 5.66. The van der Waals surface area contributed by atoms with Crippen LogP contribution in [0.1, 0.15) is 46.3 Å². The molecular weight excluding hydrogens is 457 g/mol. The molecule has 0 saturated carbocycles. The van der Waals surface area contributed by atoms with Crippen LogP contribution < -0.4 is 10.5 Å². The molecule has 0 bridgehead atoms. The molecule has 180 valence electrons. The van der Waals surface area contributed by atoms with Gasteiger partial charge in [-0.2, -0.15) is 5.10 Å². The standard InChI is InChI=1S/C24H25B3N4O5/c1-14-16-13-36-20(33)15(16)3-4-17(14)23(25,35)24(26,27)30-10-7-22(8-11-30)9-12-31(21(22)34)18-5-6-19(32)29(2)28-18/h3-6,35H,7-13H2,1-2H3/t23-/m0/s1. The summed E-state index contributed by atoms with van der Waals surface area (Å²) in [5, 5.41) is 13.8. The lowest BCUT2D eigenvalue weighted by atomic mass is 9.43. The number of likely N-dealkylation sites (tertiary alicyclic amines) is 1. The number of ether oxygens (including phenoxy) is 1. The summed E-state index contributed by atoms with van der Waals surface area (Å²) in [5.74, 6) is -0.0223. The molecule has 2 saturated heterocycles. The van der Waals surface area contributed by atoms with Crippen LogP contribution in [0.2, 0.25) is 0 Å². The van der Waals surface area contributed by atoms with Gasteiger partial charge in [0.25, 0.3) is 5.56 Å². The van der Waals surface area contributed by atoms with Crippen molar-refractivity contribution < 1.29 is 19.4 Å². The number of aromatic nitrogens is 2. The van der Waals surface area contributed by atoms with Crippen molar-refractivity contribution >= 4 is 41.2 Å². The molecule has 1 N–H and O–H groups in total. The third kappa shape index (κ3) is 3.56. The lowest BCUT2D eigenvalue weighted by Crippen LogP contribution is -2.66. The molecule has 12 heteroatoms. The molecule has 3 aliphatic rings. The van der Waals surface area contributed by atoms with E-state index in [2.05, 4.69) is 5.10 Å². The van der Waals surface area contributed by atoms with Gasteiger partial charge in [0.2, 0.25) is 5.91 Å². The summed E-state index contributed by atoms with van der Waals surface area (Å²) in [7, 11) is 21.0. The van der Waals surface area contributed by atoms with Crippen molar-refractivity contribution in [3.63, 3.8) is 0 Å². The smallest absolute Gasteiger partial charge is 0.338 e. The molecule has 1 amide bonds. The minimum atomic E-state index is -2.15. The van der Waals surface area contributed by atoms with E-state index in [0.717, 1.165) is 0 Å². The predicted octanol–water partition coefficient (Wildman–Crippen LogP) is -0.417. The fourth-order valence-corrected chi connectivity index (χ4v) is 5.66. The number of carbonyl (C=O) groups is 2. The van der Waals surface area contributed by atoms with Gasteiger partial charge < -0.3 is 14.7 Å². The molecule has 36 heavy (non-hydrogen) atoms. The second-order valence-electron chi connectivity index (χ2n) is 10.1. The Labute approximate surface area is 213 Å². The highest BCUT2D eigenvalue weighted by atomic mass is 16.5. The number of rotatable bonds is 4. The monoisotopic (exact) mass is 482 g/mol. The first kappa shape index (κ1) is 24.8. The Kier molecular flexibility index (Phi) is 5.76. The molecule has 2 aromatic rings. The number of esters is 1. The van der Waals surface area contributed by atoms with Gasteiger partial charge in [-0.15, -0.1) is 0 Å². The van der Waals surface area contributed by atoms with Crippen LogP contribution in [0.3, 0.4) is 0 Å². The van der Waals surface area contributed by atoms with Gasteiger partial charge in [-0.25, -0.2) is 9.48 Å². The van der Waals surface area contributed by atoms with Crippen LogP contribution in [0, 0.1) is 12.3 Å². The molecule has 0 unspecified atom stereocenters. The maximum absolute atomic E-state index is 13.4. The summed E-state index contributed by atoms with van der Waals surface area (Å²) in [6, 6.07) is 6.07. The number of hydrogen-bond donors (Lipinski definition) is 1. The van der Waals surface area contributed by atoms with Crippen LogP contribution in [-0.4, -0.2) is 80.2 Å². The highest BCUT2D eigenvalue weighted by Gasteiger charge is 2.52. The van der Waals surface area contributed by atoms with E-state index in [-0.39, 0.29) is 18.1 Å². The molecule has 1 aromatic carbocycles. The fraction of sp³-hybridized carbons (Fsp3) is 0.500. The number of hydrogen-bond acceptors (Lipinski definition) is 7. The van der Waals surface area contributed by atoms with Crippen LogP contribution in [0.15, 0.2) is 29.1 Å². The first-order valence-electron chi connectivity index (χ1n) is 11.9. The van der Waals surface area contributed by atoms with Gasteiger partial charge in [0.1, 0.15) is 14.5 Å². The topological polar surface area (TPSA) is 105 Å². The highest BCUT2D eigenvalue weighted by molar-refractivity contribution is 6.45.